The standard InChI is InChI=1S/C22H20N4O5S/c1-24-21(28)19(13-15-4-2-7-18(12-15)26(29)30)32-22(24)23-17-6-3-5-16(14-17)20(27)25-8-10-31-11-9-25/h2-7,12-14H,8-11H2,1H3/b19-13+,23-22?. The Morgan fingerprint density at radius 2 is 1.94 bits per heavy atom. The SMILES string of the molecule is CN1C(=O)/C(=C\c2cccc([N+](=O)[O-])c2)SC1=Nc1cccc(C(=O)N2CCOCC2)c1. The summed E-state index contributed by atoms with van der Waals surface area (Å²) in [6.45, 7) is 2.15. The molecule has 164 valence electrons. The molecule has 2 aliphatic rings. The quantitative estimate of drug-likeness (QED) is 0.400. The number of hydrogen-bond donors (Lipinski definition) is 0. The molecule has 2 heterocycles. The van der Waals surface area contributed by atoms with Crippen molar-refractivity contribution in [1.82, 2.24) is 9.80 Å². The number of nitro groups is 1. The number of amides is 2. The summed E-state index contributed by atoms with van der Waals surface area (Å²) in [5.74, 6) is -0.328. The Hall–Kier alpha value is -3.50. The second-order valence-corrected chi connectivity index (χ2v) is 8.19. The molecule has 0 N–H and O–H groups in total. The van der Waals surface area contributed by atoms with Gasteiger partial charge in [0.2, 0.25) is 0 Å². The number of carbonyl (C=O) groups excluding carboxylic acids is 2. The maximum atomic E-state index is 12.7. The number of carbonyl (C=O) groups is 2. The summed E-state index contributed by atoms with van der Waals surface area (Å²) in [6.07, 6.45) is 1.61. The van der Waals surface area contributed by atoms with Crippen molar-refractivity contribution in [3.63, 3.8) is 0 Å². The summed E-state index contributed by atoms with van der Waals surface area (Å²) >= 11 is 1.18. The van der Waals surface area contributed by atoms with E-state index in [0.717, 1.165) is 0 Å². The first-order valence-corrected chi connectivity index (χ1v) is 10.7. The lowest BCUT2D eigenvalue weighted by molar-refractivity contribution is -0.384. The number of rotatable bonds is 4. The van der Waals surface area contributed by atoms with Gasteiger partial charge in [-0.2, -0.15) is 0 Å². The van der Waals surface area contributed by atoms with Gasteiger partial charge in [0, 0.05) is 37.8 Å². The first kappa shape index (κ1) is 21.7. The van der Waals surface area contributed by atoms with Crippen molar-refractivity contribution in [2.75, 3.05) is 33.4 Å². The van der Waals surface area contributed by atoms with Crippen molar-refractivity contribution in [1.29, 1.82) is 0 Å². The van der Waals surface area contributed by atoms with Gasteiger partial charge in [-0.1, -0.05) is 18.2 Å². The Labute approximate surface area is 188 Å². The number of nitrogens with zero attached hydrogens (tertiary/aromatic N) is 4. The van der Waals surface area contributed by atoms with Crippen molar-refractivity contribution >= 4 is 46.2 Å². The van der Waals surface area contributed by atoms with Crippen LogP contribution in [-0.2, 0) is 9.53 Å². The van der Waals surface area contributed by atoms with E-state index >= 15 is 0 Å². The van der Waals surface area contributed by atoms with Crippen molar-refractivity contribution in [2.45, 2.75) is 0 Å². The zero-order chi connectivity index (χ0) is 22.7. The largest absolute Gasteiger partial charge is 0.378 e. The van der Waals surface area contributed by atoms with E-state index in [1.807, 2.05) is 0 Å². The van der Waals surface area contributed by atoms with E-state index in [4.69, 9.17) is 4.74 Å². The maximum absolute atomic E-state index is 12.7. The molecule has 2 saturated heterocycles. The molecule has 2 amide bonds. The molecule has 2 aromatic carbocycles. The molecule has 0 saturated carbocycles. The van der Waals surface area contributed by atoms with Crippen LogP contribution in [0.15, 0.2) is 58.4 Å². The first-order valence-electron chi connectivity index (χ1n) is 9.90. The van der Waals surface area contributed by atoms with Crippen molar-refractivity contribution in [3.05, 3.63) is 74.7 Å². The van der Waals surface area contributed by atoms with Crippen molar-refractivity contribution in [3.8, 4) is 0 Å². The van der Waals surface area contributed by atoms with Gasteiger partial charge in [-0.15, -0.1) is 0 Å². The number of ether oxygens (including phenoxy) is 1. The second kappa shape index (κ2) is 9.33. The zero-order valence-corrected chi connectivity index (χ0v) is 18.1. The molecule has 0 radical (unpaired) electrons. The predicted molar refractivity (Wildman–Crippen MR) is 122 cm³/mol. The molecule has 4 rings (SSSR count). The average Bonchev–Trinajstić information content (AvgIpc) is 3.07. The fourth-order valence-corrected chi connectivity index (χ4v) is 4.29. The fraction of sp³-hybridized carbons (Fsp3) is 0.227. The number of likely N-dealkylation sites (N-methyl/N-ethyl adjacent to an activating group) is 1. The van der Waals surface area contributed by atoms with Gasteiger partial charge in [0.15, 0.2) is 5.17 Å². The van der Waals surface area contributed by atoms with Gasteiger partial charge in [-0.25, -0.2) is 4.99 Å². The summed E-state index contributed by atoms with van der Waals surface area (Å²) < 4.78 is 5.30. The molecular weight excluding hydrogens is 432 g/mol. The first-order chi connectivity index (χ1) is 15.4. The molecule has 32 heavy (non-hydrogen) atoms. The van der Waals surface area contributed by atoms with Gasteiger partial charge in [0.1, 0.15) is 0 Å². The summed E-state index contributed by atoms with van der Waals surface area (Å²) in [6, 6.07) is 13.1. The Morgan fingerprint density at radius 1 is 1.19 bits per heavy atom. The van der Waals surface area contributed by atoms with Crippen molar-refractivity contribution in [2.24, 2.45) is 4.99 Å². The van der Waals surface area contributed by atoms with Crippen LogP contribution in [0.4, 0.5) is 11.4 Å². The third kappa shape index (κ3) is 4.71. The Bertz CT molecular complexity index is 1140. The van der Waals surface area contributed by atoms with E-state index < -0.39 is 4.92 Å². The smallest absolute Gasteiger partial charge is 0.270 e. The van der Waals surface area contributed by atoms with Gasteiger partial charge in [-0.05, 0) is 41.6 Å². The number of aliphatic imine (C=N–C) groups is 1. The minimum atomic E-state index is -0.476. The van der Waals surface area contributed by atoms with Crippen LogP contribution in [0.3, 0.4) is 0 Å². The van der Waals surface area contributed by atoms with Crippen LogP contribution < -0.4 is 0 Å². The van der Waals surface area contributed by atoms with Crippen LogP contribution in [0.25, 0.3) is 6.08 Å². The Morgan fingerprint density at radius 3 is 2.69 bits per heavy atom. The third-order valence-electron chi connectivity index (χ3n) is 5.00. The van der Waals surface area contributed by atoms with E-state index in [1.54, 1.807) is 54.4 Å². The van der Waals surface area contributed by atoms with Gasteiger partial charge >= 0.3 is 0 Å². The third-order valence-corrected chi connectivity index (χ3v) is 6.06. The van der Waals surface area contributed by atoms with Gasteiger partial charge in [0.05, 0.1) is 28.7 Å². The molecule has 0 atom stereocenters. The van der Waals surface area contributed by atoms with Gasteiger partial charge in [-0.3, -0.25) is 24.6 Å². The van der Waals surface area contributed by atoms with E-state index in [-0.39, 0.29) is 17.5 Å². The van der Waals surface area contributed by atoms with Crippen LogP contribution in [0, 0.1) is 10.1 Å². The highest BCUT2D eigenvalue weighted by atomic mass is 32.2. The summed E-state index contributed by atoms with van der Waals surface area (Å²) in [5, 5.41) is 11.5. The number of nitro benzene ring substituents is 1. The Kier molecular flexibility index (Phi) is 6.33. The molecule has 0 bridgehead atoms. The molecular formula is C22H20N4O5S. The number of amidine groups is 1. The average molecular weight is 452 g/mol. The van der Waals surface area contributed by atoms with Crippen LogP contribution in [-0.4, -0.2) is 65.1 Å². The van der Waals surface area contributed by atoms with Crippen LogP contribution >= 0.6 is 11.8 Å². The van der Waals surface area contributed by atoms with E-state index in [2.05, 4.69) is 4.99 Å². The van der Waals surface area contributed by atoms with Crippen LogP contribution in [0.1, 0.15) is 15.9 Å². The fourth-order valence-electron chi connectivity index (χ4n) is 3.30. The van der Waals surface area contributed by atoms with Crippen molar-refractivity contribution < 1.29 is 19.2 Å². The summed E-state index contributed by atoms with van der Waals surface area (Å²) in [7, 11) is 1.62. The number of non-ortho nitro benzene ring substituents is 1. The number of morpholine rings is 1. The van der Waals surface area contributed by atoms with E-state index in [1.165, 1.54) is 28.8 Å². The number of benzene rings is 2. The normalized spacial score (nSPS) is 19.1. The lowest BCUT2D eigenvalue weighted by atomic mass is 10.1. The summed E-state index contributed by atoms with van der Waals surface area (Å²) in [4.78, 5) is 44.0. The molecule has 2 aromatic rings. The van der Waals surface area contributed by atoms with E-state index in [9.17, 15) is 19.7 Å². The summed E-state index contributed by atoms with van der Waals surface area (Å²) in [5.41, 5.74) is 1.60. The molecule has 0 aromatic heterocycles. The molecule has 0 unspecified atom stereocenters. The van der Waals surface area contributed by atoms with Gasteiger partial charge < -0.3 is 9.64 Å². The number of thioether (sulfide) groups is 1. The monoisotopic (exact) mass is 452 g/mol. The van der Waals surface area contributed by atoms with E-state index in [0.29, 0.717) is 53.2 Å². The lowest BCUT2D eigenvalue weighted by Gasteiger charge is -2.26. The van der Waals surface area contributed by atoms with Crippen LogP contribution in [0.2, 0.25) is 0 Å². The highest BCUT2D eigenvalue weighted by Crippen LogP contribution is 2.33. The molecule has 2 aliphatic heterocycles. The molecule has 9 nitrogen and oxygen atoms in total. The highest BCUT2D eigenvalue weighted by Gasteiger charge is 2.30. The molecule has 2 fully saturated rings. The molecule has 0 spiro atoms. The molecule has 10 heteroatoms. The Balaban J connectivity index is 1.56. The lowest BCUT2D eigenvalue weighted by Crippen LogP contribution is -2.40. The minimum absolute atomic E-state index is 0.0428. The topological polar surface area (TPSA) is 105 Å². The minimum Gasteiger partial charge on any atom is -0.378 e. The maximum Gasteiger partial charge on any atom is 0.270 e. The van der Waals surface area contributed by atoms with Gasteiger partial charge in [0.25, 0.3) is 17.5 Å². The molecule has 0 aliphatic carbocycles. The predicted octanol–water partition coefficient (Wildman–Crippen LogP) is 3.30. The highest BCUT2D eigenvalue weighted by molar-refractivity contribution is 8.18. The number of hydrogen-bond acceptors (Lipinski definition) is 7. The zero-order valence-electron chi connectivity index (χ0n) is 17.3. The van der Waals surface area contributed by atoms with Crippen LogP contribution in [0.5, 0.6) is 0 Å². The second-order valence-electron chi connectivity index (χ2n) is 7.18.